The normalized spacial score (nSPS) is 17.2. The average Bonchev–Trinajstić information content (AvgIpc) is 2.65. The lowest BCUT2D eigenvalue weighted by molar-refractivity contribution is 0.0782. The summed E-state index contributed by atoms with van der Waals surface area (Å²) in [5.74, 6) is 2.04. The van der Waals surface area contributed by atoms with Gasteiger partial charge in [0.15, 0.2) is 5.96 Å². The maximum atomic E-state index is 5.58. The van der Waals surface area contributed by atoms with Gasteiger partial charge in [0.1, 0.15) is 0 Å². The largest absolute Gasteiger partial charge is 0.381 e. The SMILES string of the molecule is CCNC(=NCc1ccc(C)cc1SC)NCC1(SCC)CCOCC1. The average molecular weight is 396 g/mol. The third kappa shape index (κ3) is 6.39. The number of nitrogens with one attached hydrogen (secondary N) is 2. The lowest BCUT2D eigenvalue weighted by atomic mass is 9.99. The first-order chi connectivity index (χ1) is 12.6. The molecule has 1 aromatic carbocycles. The Balaban J connectivity index is 2.04. The van der Waals surface area contributed by atoms with Gasteiger partial charge in [-0.3, -0.25) is 0 Å². The van der Waals surface area contributed by atoms with Crippen LogP contribution in [-0.4, -0.2) is 49.0 Å². The molecule has 0 amide bonds. The summed E-state index contributed by atoms with van der Waals surface area (Å²) in [6.45, 7) is 10.7. The van der Waals surface area contributed by atoms with Gasteiger partial charge >= 0.3 is 0 Å². The maximum Gasteiger partial charge on any atom is 0.191 e. The second-order valence-corrected chi connectivity index (χ2v) is 9.17. The smallest absolute Gasteiger partial charge is 0.191 e. The van der Waals surface area contributed by atoms with Gasteiger partial charge in [-0.05, 0) is 55.9 Å². The number of guanidine groups is 1. The number of nitrogens with zero attached hydrogens (tertiary/aromatic N) is 1. The Morgan fingerprint density at radius 3 is 2.65 bits per heavy atom. The summed E-state index contributed by atoms with van der Waals surface area (Å²) in [7, 11) is 0. The molecule has 0 saturated carbocycles. The molecule has 0 unspecified atom stereocenters. The highest BCUT2D eigenvalue weighted by Gasteiger charge is 2.32. The number of hydrogen-bond acceptors (Lipinski definition) is 4. The summed E-state index contributed by atoms with van der Waals surface area (Å²) in [6, 6.07) is 6.60. The van der Waals surface area contributed by atoms with Crippen LogP contribution in [0.15, 0.2) is 28.1 Å². The molecule has 1 saturated heterocycles. The van der Waals surface area contributed by atoms with Crippen LogP contribution in [-0.2, 0) is 11.3 Å². The van der Waals surface area contributed by atoms with Crippen molar-refractivity contribution in [2.75, 3.05) is 38.3 Å². The van der Waals surface area contributed by atoms with Crippen molar-refractivity contribution >= 4 is 29.5 Å². The predicted octanol–water partition coefficient (Wildman–Crippen LogP) is 4.07. The van der Waals surface area contributed by atoms with Crippen molar-refractivity contribution in [1.29, 1.82) is 0 Å². The summed E-state index contributed by atoms with van der Waals surface area (Å²) in [4.78, 5) is 6.15. The molecule has 2 rings (SSSR count). The van der Waals surface area contributed by atoms with Crippen LogP contribution >= 0.6 is 23.5 Å². The highest BCUT2D eigenvalue weighted by Crippen LogP contribution is 2.34. The number of thioether (sulfide) groups is 2. The first kappa shape index (κ1) is 21.5. The van der Waals surface area contributed by atoms with Crippen LogP contribution in [0, 0.1) is 6.92 Å². The van der Waals surface area contributed by atoms with Crippen LogP contribution in [0.3, 0.4) is 0 Å². The Hall–Kier alpha value is -0.850. The number of ether oxygens (including phenoxy) is 1. The molecule has 2 N–H and O–H groups in total. The van der Waals surface area contributed by atoms with E-state index in [4.69, 9.17) is 9.73 Å². The van der Waals surface area contributed by atoms with Crippen LogP contribution in [0.25, 0.3) is 0 Å². The van der Waals surface area contributed by atoms with E-state index in [2.05, 4.69) is 67.6 Å². The molecule has 0 atom stereocenters. The second kappa shape index (κ2) is 11.1. The molecule has 6 heteroatoms. The fraction of sp³-hybridized carbons (Fsp3) is 0.650. The molecular formula is C20H33N3OS2. The fourth-order valence-corrected chi connectivity index (χ4v) is 5.10. The van der Waals surface area contributed by atoms with E-state index >= 15 is 0 Å². The van der Waals surface area contributed by atoms with Gasteiger partial charge in [0.25, 0.3) is 0 Å². The van der Waals surface area contributed by atoms with E-state index in [1.54, 1.807) is 11.8 Å². The molecule has 1 heterocycles. The third-order valence-corrected chi connectivity index (χ3v) is 6.90. The molecule has 1 aliphatic heterocycles. The van der Waals surface area contributed by atoms with Crippen LogP contribution in [0.4, 0.5) is 0 Å². The molecule has 26 heavy (non-hydrogen) atoms. The Morgan fingerprint density at radius 1 is 1.23 bits per heavy atom. The van der Waals surface area contributed by atoms with Gasteiger partial charge < -0.3 is 15.4 Å². The Morgan fingerprint density at radius 2 is 2.00 bits per heavy atom. The maximum absolute atomic E-state index is 5.58. The van der Waals surface area contributed by atoms with E-state index < -0.39 is 0 Å². The summed E-state index contributed by atoms with van der Waals surface area (Å²) >= 11 is 3.84. The first-order valence-corrected chi connectivity index (χ1v) is 11.7. The minimum atomic E-state index is 0.261. The van der Waals surface area contributed by atoms with E-state index in [0.29, 0.717) is 6.54 Å². The molecule has 1 fully saturated rings. The molecular weight excluding hydrogens is 362 g/mol. The highest BCUT2D eigenvalue weighted by atomic mass is 32.2. The van der Waals surface area contributed by atoms with Gasteiger partial charge in [-0.25, -0.2) is 4.99 Å². The molecule has 0 spiro atoms. The van der Waals surface area contributed by atoms with Crippen molar-refractivity contribution in [1.82, 2.24) is 10.6 Å². The minimum Gasteiger partial charge on any atom is -0.381 e. The standard InChI is InChI=1S/C20H33N3OS2/c1-5-21-19(22-14-17-8-7-16(3)13-18(17)25-4)23-15-20(26-6-2)9-11-24-12-10-20/h7-8,13H,5-6,9-12,14-15H2,1-4H3,(H2,21,22,23). The van der Waals surface area contributed by atoms with Crippen molar-refractivity contribution in [3.63, 3.8) is 0 Å². The van der Waals surface area contributed by atoms with Gasteiger partial charge in [0.05, 0.1) is 6.54 Å². The van der Waals surface area contributed by atoms with Crippen LogP contribution < -0.4 is 10.6 Å². The second-order valence-electron chi connectivity index (χ2n) is 6.59. The van der Waals surface area contributed by atoms with E-state index in [0.717, 1.165) is 50.9 Å². The van der Waals surface area contributed by atoms with Gasteiger partial charge in [-0.1, -0.05) is 19.1 Å². The number of rotatable bonds is 8. The minimum absolute atomic E-state index is 0.261. The topological polar surface area (TPSA) is 45.7 Å². The van der Waals surface area contributed by atoms with Crippen LogP contribution in [0.1, 0.15) is 37.8 Å². The highest BCUT2D eigenvalue weighted by molar-refractivity contribution is 8.00. The molecule has 1 aliphatic rings. The molecule has 1 aromatic rings. The van der Waals surface area contributed by atoms with E-state index in [9.17, 15) is 0 Å². The molecule has 0 radical (unpaired) electrons. The summed E-state index contributed by atoms with van der Waals surface area (Å²) in [5.41, 5.74) is 2.58. The number of aryl methyl sites for hydroxylation is 1. The monoisotopic (exact) mass is 395 g/mol. The summed E-state index contributed by atoms with van der Waals surface area (Å²) in [5, 5.41) is 6.98. The molecule has 4 nitrogen and oxygen atoms in total. The van der Waals surface area contributed by atoms with Crippen molar-refractivity contribution in [2.45, 2.75) is 49.8 Å². The zero-order valence-electron chi connectivity index (χ0n) is 16.6. The number of hydrogen-bond donors (Lipinski definition) is 2. The molecule has 146 valence electrons. The lowest BCUT2D eigenvalue weighted by Crippen LogP contribution is -2.48. The molecule has 0 aromatic heterocycles. The quantitative estimate of drug-likeness (QED) is 0.395. The Bertz CT molecular complexity index is 581. The van der Waals surface area contributed by atoms with Crippen molar-refractivity contribution in [3.8, 4) is 0 Å². The van der Waals surface area contributed by atoms with Crippen LogP contribution in [0.2, 0.25) is 0 Å². The fourth-order valence-electron chi connectivity index (χ4n) is 3.15. The van der Waals surface area contributed by atoms with Crippen LogP contribution in [0.5, 0.6) is 0 Å². The molecule has 0 bridgehead atoms. The summed E-state index contributed by atoms with van der Waals surface area (Å²) < 4.78 is 5.84. The Kier molecular flexibility index (Phi) is 9.16. The predicted molar refractivity (Wildman–Crippen MR) is 117 cm³/mol. The zero-order valence-corrected chi connectivity index (χ0v) is 18.2. The van der Waals surface area contributed by atoms with E-state index in [-0.39, 0.29) is 4.75 Å². The van der Waals surface area contributed by atoms with Crippen molar-refractivity contribution < 1.29 is 4.74 Å². The van der Waals surface area contributed by atoms with Gasteiger partial charge in [-0.2, -0.15) is 11.8 Å². The van der Waals surface area contributed by atoms with Gasteiger partial charge in [0.2, 0.25) is 0 Å². The van der Waals surface area contributed by atoms with Gasteiger partial charge in [-0.15, -0.1) is 11.8 Å². The van der Waals surface area contributed by atoms with E-state index in [1.165, 1.54) is 16.0 Å². The summed E-state index contributed by atoms with van der Waals surface area (Å²) in [6.07, 6.45) is 4.33. The molecule has 0 aliphatic carbocycles. The Labute approximate surface area is 167 Å². The number of aliphatic imine (C=N–C) groups is 1. The number of benzene rings is 1. The van der Waals surface area contributed by atoms with E-state index in [1.807, 2.05) is 0 Å². The van der Waals surface area contributed by atoms with Crippen molar-refractivity contribution in [2.24, 2.45) is 4.99 Å². The van der Waals surface area contributed by atoms with Crippen molar-refractivity contribution in [3.05, 3.63) is 29.3 Å². The first-order valence-electron chi connectivity index (χ1n) is 9.50. The van der Waals surface area contributed by atoms with Gasteiger partial charge in [0, 0.05) is 35.9 Å². The zero-order chi connectivity index (χ0) is 18.8. The lowest BCUT2D eigenvalue weighted by Gasteiger charge is -2.37. The third-order valence-electron chi connectivity index (χ3n) is 4.63.